The summed E-state index contributed by atoms with van der Waals surface area (Å²) in [6.45, 7) is 8.85. The van der Waals surface area contributed by atoms with Crippen LogP contribution in [0.3, 0.4) is 0 Å². The van der Waals surface area contributed by atoms with Crippen molar-refractivity contribution in [2.75, 3.05) is 0 Å². The molecule has 0 aliphatic heterocycles. The topological polar surface area (TPSA) is 34.9 Å². The molecule has 2 aromatic heterocycles. The first-order valence-corrected chi connectivity index (χ1v) is 8.08. The summed E-state index contributed by atoms with van der Waals surface area (Å²) in [4.78, 5) is 19.4. The minimum atomic E-state index is 0.124. The average molecular weight is 290 g/mol. The van der Waals surface area contributed by atoms with Gasteiger partial charge in [-0.25, -0.2) is 4.98 Å². The van der Waals surface area contributed by atoms with Gasteiger partial charge in [0.2, 0.25) is 0 Å². The van der Waals surface area contributed by atoms with Gasteiger partial charge in [0.15, 0.2) is 0 Å². The van der Waals surface area contributed by atoms with Crippen molar-refractivity contribution in [1.29, 1.82) is 0 Å². The molecule has 0 saturated carbocycles. The van der Waals surface area contributed by atoms with Gasteiger partial charge in [-0.05, 0) is 43.1 Å². The largest absolute Gasteiger partial charge is 0.299 e. The quantitative estimate of drug-likeness (QED) is 0.745. The summed E-state index contributed by atoms with van der Waals surface area (Å²) in [6, 6.07) is 0. The number of aryl methyl sites for hydroxylation is 2. The van der Waals surface area contributed by atoms with Gasteiger partial charge < -0.3 is 0 Å². The Kier molecular flexibility index (Phi) is 3.05. The third kappa shape index (κ3) is 2.01. The van der Waals surface area contributed by atoms with Crippen LogP contribution in [0.2, 0.25) is 0 Å². The molecule has 3 nitrogen and oxygen atoms in total. The maximum Gasteiger partial charge on any atom is 0.262 e. The van der Waals surface area contributed by atoms with Gasteiger partial charge in [-0.2, -0.15) is 0 Å². The van der Waals surface area contributed by atoms with E-state index in [0.717, 1.165) is 28.9 Å². The second kappa shape index (κ2) is 4.42. The summed E-state index contributed by atoms with van der Waals surface area (Å²) >= 11 is 1.73. The molecule has 1 atom stereocenters. The summed E-state index contributed by atoms with van der Waals surface area (Å²) in [5.41, 5.74) is 1.74. The first-order chi connectivity index (χ1) is 9.29. The predicted octanol–water partition coefficient (Wildman–Crippen LogP) is 3.45. The lowest BCUT2D eigenvalue weighted by Gasteiger charge is -2.33. The molecule has 1 aliphatic carbocycles. The summed E-state index contributed by atoms with van der Waals surface area (Å²) in [5, 5.41) is 0.880. The highest BCUT2D eigenvalue weighted by atomic mass is 32.1. The van der Waals surface area contributed by atoms with Crippen LogP contribution in [0.4, 0.5) is 0 Å². The molecule has 3 rings (SSSR count). The molecule has 0 saturated heterocycles. The predicted molar refractivity (Wildman–Crippen MR) is 84.6 cm³/mol. The molecule has 0 bridgehead atoms. The van der Waals surface area contributed by atoms with Gasteiger partial charge in [0.25, 0.3) is 5.56 Å². The number of rotatable bonds is 0. The fourth-order valence-corrected chi connectivity index (χ4v) is 4.48. The number of aromatic nitrogens is 2. The zero-order valence-electron chi connectivity index (χ0n) is 12.9. The highest BCUT2D eigenvalue weighted by molar-refractivity contribution is 7.18. The van der Waals surface area contributed by atoms with Crippen molar-refractivity contribution in [2.45, 2.75) is 47.0 Å². The van der Waals surface area contributed by atoms with Crippen LogP contribution in [0.25, 0.3) is 10.2 Å². The Labute approximate surface area is 123 Å². The summed E-state index contributed by atoms with van der Waals surface area (Å²) in [6.07, 6.45) is 3.30. The zero-order valence-corrected chi connectivity index (χ0v) is 13.7. The summed E-state index contributed by atoms with van der Waals surface area (Å²) in [7, 11) is 1.81. The van der Waals surface area contributed by atoms with E-state index in [9.17, 15) is 4.79 Å². The lowest BCUT2D eigenvalue weighted by molar-refractivity contribution is 0.218. The Hall–Kier alpha value is -1.16. The maximum atomic E-state index is 12.5. The number of thiophene rings is 1. The highest BCUT2D eigenvalue weighted by Crippen LogP contribution is 2.41. The third-order valence-electron chi connectivity index (χ3n) is 4.74. The van der Waals surface area contributed by atoms with E-state index in [1.54, 1.807) is 15.9 Å². The van der Waals surface area contributed by atoms with E-state index in [0.29, 0.717) is 11.3 Å². The SMILES string of the molecule is Cc1nc2sc3c(c2c(=O)n1C)CCC(C(C)(C)C)C3. The Morgan fingerprint density at radius 2 is 2.05 bits per heavy atom. The number of hydrogen-bond acceptors (Lipinski definition) is 3. The monoisotopic (exact) mass is 290 g/mol. The zero-order chi connectivity index (χ0) is 14.7. The summed E-state index contributed by atoms with van der Waals surface area (Å²) in [5.74, 6) is 1.50. The van der Waals surface area contributed by atoms with Crippen molar-refractivity contribution in [2.24, 2.45) is 18.4 Å². The lowest BCUT2D eigenvalue weighted by Crippen LogP contribution is -2.27. The molecule has 1 aliphatic rings. The molecule has 4 heteroatoms. The molecule has 2 aromatic rings. The van der Waals surface area contributed by atoms with Gasteiger partial charge in [0.05, 0.1) is 5.39 Å². The molecule has 2 heterocycles. The van der Waals surface area contributed by atoms with Gasteiger partial charge >= 0.3 is 0 Å². The van der Waals surface area contributed by atoms with Gasteiger partial charge in [-0.3, -0.25) is 9.36 Å². The molecule has 0 radical (unpaired) electrons. The number of nitrogens with zero attached hydrogens (tertiary/aromatic N) is 2. The van der Waals surface area contributed by atoms with E-state index in [4.69, 9.17) is 0 Å². The van der Waals surface area contributed by atoms with E-state index in [1.165, 1.54) is 16.9 Å². The Bertz CT molecular complexity index is 733. The minimum Gasteiger partial charge on any atom is -0.299 e. The third-order valence-corrected chi connectivity index (χ3v) is 5.89. The smallest absolute Gasteiger partial charge is 0.262 e. The number of fused-ring (bicyclic) bond motifs is 3. The van der Waals surface area contributed by atoms with Crippen LogP contribution < -0.4 is 5.56 Å². The van der Waals surface area contributed by atoms with Crippen LogP contribution >= 0.6 is 11.3 Å². The summed E-state index contributed by atoms with van der Waals surface area (Å²) < 4.78 is 1.67. The van der Waals surface area contributed by atoms with Crippen LogP contribution in [-0.4, -0.2) is 9.55 Å². The van der Waals surface area contributed by atoms with Crippen molar-refractivity contribution in [3.8, 4) is 0 Å². The van der Waals surface area contributed by atoms with Crippen molar-refractivity contribution < 1.29 is 0 Å². The minimum absolute atomic E-state index is 0.124. The van der Waals surface area contributed by atoms with Gasteiger partial charge in [-0.15, -0.1) is 11.3 Å². The second-order valence-electron chi connectivity index (χ2n) is 7.01. The lowest BCUT2D eigenvalue weighted by atomic mass is 9.72. The van der Waals surface area contributed by atoms with Gasteiger partial charge in [0, 0.05) is 11.9 Å². The molecule has 108 valence electrons. The average Bonchev–Trinajstić information content (AvgIpc) is 2.71. The molecular weight excluding hydrogens is 268 g/mol. The molecule has 1 unspecified atom stereocenters. The van der Waals surface area contributed by atoms with Crippen LogP contribution in [0.15, 0.2) is 4.79 Å². The fraction of sp³-hybridized carbons (Fsp3) is 0.625. The first kappa shape index (κ1) is 13.8. The van der Waals surface area contributed by atoms with Gasteiger partial charge in [0.1, 0.15) is 10.7 Å². The van der Waals surface area contributed by atoms with E-state index in [-0.39, 0.29) is 5.56 Å². The Morgan fingerprint density at radius 1 is 1.35 bits per heavy atom. The van der Waals surface area contributed by atoms with E-state index < -0.39 is 0 Å². The van der Waals surface area contributed by atoms with Crippen molar-refractivity contribution in [1.82, 2.24) is 9.55 Å². The Morgan fingerprint density at radius 3 is 2.70 bits per heavy atom. The molecule has 0 spiro atoms. The van der Waals surface area contributed by atoms with Crippen molar-refractivity contribution in [3.63, 3.8) is 0 Å². The van der Waals surface area contributed by atoms with E-state index in [2.05, 4.69) is 25.8 Å². The number of hydrogen-bond donors (Lipinski definition) is 0. The van der Waals surface area contributed by atoms with Crippen LogP contribution in [0, 0.1) is 18.3 Å². The molecule has 0 fully saturated rings. The first-order valence-electron chi connectivity index (χ1n) is 7.27. The molecular formula is C16H22N2OS. The molecule has 0 amide bonds. The Balaban J connectivity index is 2.17. The second-order valence-corrected chi connectivity index (χ2v) is 8.10. The van der Waals surface area contributed by atoms with Crippen LogP contribution in [-0.2, 0) is 19.9 Å². The molecule has 0 N–H and O–H groups in total. The van der Waals surface area contributed by atoms with Gasteiger partial charge in [-0.1, -0.05) is 20.8 Å². The van der Waals surface area contributed by atoms with Crippen LogP contribution in [0.1, 0.15) is 43.5 Å². The normalized spacial score (nSPS) is 19.4. The maximum absolute atomic E-state index is 12.5. The standard InChI is InChI=1S/C16H22N2OS/c1-9-17-14-13(15(19)18(9)5)11-7-6-10(16(2,3)4)8-12(11)20-14/h10H,6-8H2,1-5H3. The molecule has 20 heavy (non-hydrogen) atoms. The highest BCUT2D eigenvalue weighted by Gasteiger charge is 2.31. The molecule has 0 aromatic carbocycles. The van der Waals surface area contributed by atoms with E-state index >= 15 is 0 Å². The van der Waals surface area contributed by atoms with Crippen molar-refractivity contribution in [3.05, 3.63) is 26.6 Å². The fourth-order valence-electron chi connectivity index (χ4n) is 3.15. The van der Waals surface area contributed by atoms with E-state index in [1.807, 2.05) is 14.0 Å². The van der Waals surface area contributed by atoms with Crippen molar-refractivity contribution >= 4 is 21.6 Å². The van der Waals surface area contributed by atoms with Crippen LogP contribution in [0.5, 0.6) is 0 Å².